The molecule has 4 heteroatoms. The standard InChI is InChI=1S/C17H31N3S/c1-6-10-18-13(3)16-14(4)19-17(21-16)20(5)15-9-7-8-12(2)11-15/h12-13,15,18H,6-11H2,1-5H3. The van der Waals surface area contributed by atoms with Crippen molar-refractivity contribution in [2.45, 2.75) is 71.9 Å². The van der Waals surface area contributed by atoms with Crippen LogP contribution in [-0.2, 0) is 0 Å². The number of aromatic nitrogens is 1. The lowest BCUT2D eigenvalue weighted by atomic mass is 9.86. The minimum Gasteiger partial charge on any atom is -0.348 e. The Hall–Kier alpha value is -0.610. The van der Waals surface area contributed by atoms with Crippen LogP contribution in [-0.4, -0.2) is 24.6 Å². The van der Waals surface area contributed by atoms with Gasteiger partial charge in [0, 0.05) is 24.0 Å². The van der Waals surface area contributed by atoms with Crippen molar-refractivity contribution in [1.29, 1.82) is 0 Å². The molecule has 0 saturated heterocycles. The van der Waals surface area contributed by atoms with E-state index >= 15 is 0 Å². The van der Waals surface area contributed by atoms with Crippen LogP contribution >= 0.6 is 11.3 Å². The third kappa shape index (κ3) is 4.19. The van der Waals surface area contributed by atoms with E-state index in [9.17, 15) is 0 Å². The quantitative estimate of drug-likeness (QED) is 0.837. The predicted octanol–water partition coefficient (Wildman–Crippen LogP) is 4.53. The molecule has 2 rings (SSSR count). The molecule has 1 aromatic heterocycles. The van der Waals surface area contributed by atoms with Gasteiger partial charge in [-0.15, -0.1) is 11.3 Å². The van der Waals surface area contributed by atoms with Gasteiger partial charge < -0.3 is 10.2 Å². The normalized spacial score (nSPS) is 24.0. The highest BCUT2D eigenvalue weighted by Crippen LogP contribution is 2.34. The molecule has 1 saturated carbocycles. The second kappa shape index (κ2) is 7.59. The first kappa shape index (κ1) is 16.8. The Morgan fingerprint density at radius 1 is 1.43 bits per heavy atom. The molecular weight excluding hydrogens is 278 g/mol. The number of rotatable bonds is 6. The van der Waals surface area contributed by atoms with Gasteiger partial charge in [0.2, 0.25) is 0 Å². The predicted molar refractivity (Wildman–Crippen MR) is 93.4 cm³/mol. The summed E-state index contributed by atoms with van der Waals surface area (Å²) in [6, 6.07) is 1.08. The van der Waals surface area contributed by atoms with Gasteiger partial charge in [0.25, 0.3) is 0 Å². The zero-order valence-corrected chi connectivity index (χ0v) is 15.1. The average Bonchev–Trinajstić information content (AvgIpc) is 2.86. The Balaban J connectivity index is 2.06. The maximum atomic E-state index is 4.84. The molecule has 1 aromatic rings. The van der Waals surface area contributed by atoms with Gasteiger partial charge in [0.05, 0.1) is 5.69 Å². The lowest BCUT2D eigenvalue weighted by Gasteiger charge is -2.34. The van der Waals surface area contributed by atoms with Gasteiger partial charge in [0.15, 0.2) is 5.13 Å². The molecule has 1 fully saturated rings. The average molecular weight is 310 g/mol. The molecule has 1 heterocycles. The Morgan fingerprint density at radius 2 is 2.19 bits per heavy atom. The number of nitrogens with one attached hydrogen (secondary N) is 1. The van der Waals surface area contributed by atoms with Crippen LogP contribution in [0.15, 0.2) is 0 Å². The Kier molecular flexibility index (Phi) is 6.06. The summed E-state index contributed by atoms with van der Waals surface area (Å²) in [5, 5.41) is 4.78. The first-order valence-corrected chi connectivity index (χ1v) is 9.28. The van der Waals surface area contributed by atoms with Crippen LogP contribution in [0.2, 0.25) is 0 Å². The van der Waals surface area contributed by atoms with Crippen LogP contribution in [0.1, 0.15) is 69.5 Å². The molecule has 120 valence electrons. The number of hydrogen-bond acceptors (Lipinski definition) is 4. The molecule has 0 bridgehead atoms. The monoisotopic (exact) mass is 309 g/mol. The third-order valence-electron chi connectivity index (χ3n) is 4.67. The molecule has 1 aliphatic rings. The smallest absolute Gasteiger partial charge is 0.185 e. The van der Waals surface area contributed by atoms with Crippen molar-refractivity contribution in [2.75, 3.05) is 18.5 Å². The van der Waals surface area contributed by atoms with Crippen LogP contribution < -0.4 is 10.2 Å². The zero-order valence-electron chi connectivity index (χ0n) is 14.3. The van der Waals surface area contributed by atoms with Gasteiger partial charge in [-0.2, -0.15) is 0 Å². The number of aryl methyl sites for hydroxylation is 1. The third-order valence-corrected chi connectivity index (χ3v) is 6.10. The van der Waals surface area contributed by atoms with Gasteiger partial charge in [0.1, 0.15) is 0 Å². The van der Waals surface area contributed by atoms with Crippen molar-refractivity contribution in [3.63, 3.8) is 0 Å². The Morgan fingerprint density at radius 3 is 2.86 bits per heavy atom. The van der Waals surface area contributed by atoms with E-state index in [0.29, 0.717) is 12.1 Å². The molecule has 0 radical (unpaired) electrons. The second-order valence-corrected chi connectivity index (χ2v) is 7.67. The highest BCUT2D eigenvalue weighted by Gasteiger charge is 2.25. The topological polar surface area (TPSA) is 28.2 Å². The summed E-state index contributed by atoms with van der Waals surface area (Å²) in [5.41, 5.74) is 1.20. The van der Waals surface area contributed by atoms with Gasteiger partial charge in [-0.25, -0.2) is 4.98 Å². The van der Waals surface area contributed by atoms with Crippen molar-refractivity contribution in [3.05, 3.63) is 10.6 Å². The van der Waals surface area contributed by atoms with Crippen LogP contribution in [0.25, 0.3) is 0 Å². The van der Waals surface area contributed by atoms with E-state index in [2.05, 4.69) is 45.0 Å². The molecule has 3 nitrogen and oxygen atoms in total. The first-order valence-electron chi connectivity index (χ1n) is 8.46. The number of hydrogen-bond donors (Lipinski definition) is 1. The summed E-state index contributed by atoms with van der Waals surface area (Å²) < 4.78 is 0. The van der Waals surface area contributed by atoms with E-state index in [1.54, 1.807) is 0 Å². The summed E-state index contributed by atoms with van der Waals surface area (Å²) >= 11 is 1.87. The minimum absolute atomic E-state index is 0.412. The molecule has 3 unspecified atom stereocenters. The Labute approximate surface area is 134 Å². The van der Waals surface area contributed by atoms with Crippen molar-refractivity contribution >= 4 is 16.5 Å². The molecule has 1 aliphatic carbocycles. The molecule has 0 aromatic carbocycles. The number of thiazole rings is 1. The van der Waals surface area contributed by atoms with Crippen LogP contribution in [0, 0.1) is 12.8 Å². The fourth-order valence-corrected chi connectivity index (χ4v) is 4.44. The molecule has 21 heavy (non-hydrogen) atoms. The molecule has 0 aliphatic heterocycles. The first-order chi connectivity index (χ1) is 10.0. The zero-order chi connectivity index (χ0) is 15.4. The summed E-state index contributed by atoms with van der Waals surface area (Å²) in [7, 11) is 2.23. The molecule has 0 spiro atoms. The van der Waals surface area contributed by atoms with Crippen molar-refractivity contribution in [2.24, 2.45) is 5.92 Å². The second-order valence-electron chi connectivity index (χ2n) is 6.66. The number of anilines is 1. The van der Waals surface area contributed by atoms with E-state index in [1.807, 2.05) is 11.3 Å². The van der Waals surface area contributed by atoms with E-state index in [1.165, 1.54) is 47.8 Å². The van der Waals surface area contributed by atoms with Crippen LogP contribution in [0.4, 0.5) is 5.13 Å². The van der Waals surface area contributed by atoms with Gasteiger partial charge in [-0.3, -0.25) is 0 Å². The van der Waals surface area contributed by atoms with Crippen LogP contribution in [0.5, 0.6) is 0 Å². The summed E-state index contributed by atoms with van der Waals surface area (Å²) in [4.78, 5) is 8.68. The van der Waals surface area contributed by atoms with Crippen molar-refractivity contribution < 1.29 is 0 Å². The van der Waals surface area contributed by atoms with Crippen molar-refractivity contribution in [3.8, 4) is 0 Å². The fraction of sp³-hybridized carbons (Fsp3) is 0.824. The summed E-state index contributed by atoms with van der Waals surface area (Å²) in [6.07, 6.45) is 6.56. The number of nitrogens with zero attached hydrogens (tertiary/aromatic N) is 2. The van der Waals surface area contributed by atoms with E-state index in [0.717, 1.165) is 12.5 Å². The van der Waals surface area contributed by atoms with Gasteiger partial charge in [-0.05, 0) is 45.6 Å². The molecule has 1 N–H and O–H groups in total. The fourth-order valence-electron chi connectivity index (χ4n) is 3.31. The lowest BCUT2D eigenvalue weighted by molar-refractivity contribution is 0.336. The Bertz CT molecular complexity index is 443. The minimum atomic E-state index is 0.412. The molecular formula is C17H31N3S. The maximum Gasteiger partial charge on any atom is 0.185 e. The summed E-state index contributed by atoms with van der Waals surface area (Å²) in [5.74, 6) is 0.858. The maximum absolute atomic E-state index is 4.84. The van der Waals surface area contributed by atoms with Crippen LogP contribution in [0.3, 0.4) is 0 Å². The van der Waals surface area contributed by atoms with E-state index in [4.69, 9.17) is 4.98 Å². The molecule has 0 amide bonds. The lowest BCUT2D eigenvalue weighted by Crippen LogP contribution is -2.35. The largest absolute Gasteiger partial charge is 0.348 e. The SMILES string of the molecule is CCCNC(C)c1sc(N(C)C2CCCC(C)C2)nc1C. The van der Waals surface area contributed by atoms with E-state index in [-0.39, 0.29) is 0 Å². The van der Waals surface area contributed by atoms with E-state index < -0.39 is 0 Å². The van der Waals surface area contributed by atoms with Crippen molar-refractivity contribution in [1.82, 2.24) is 10.3 Å². The van der Waals surface area contributed by atoms with Gasteiger partial charge in [-0.1, -0.05) is 26.7 Å². The van der Waals surface area contributed by atoms with Gasteiger partial charge >= 0.3 is 0 Å². The molecule has 3 atom stereocenters. The summed E-state index contributed by atoms with van der Waals surface area (Å²) in [6.45, 7) is 10.1. The highest BCUT2D eigenvalue weighted by atomic mass is 32.1. The highest BCUT2D eigenvalue weighted by molar-refractivity contribution is 7.15.